The molecule has 1 aliphatic rings. The Hall–Kier alpha value is -3.41. The molecule has 2 aromatic carbocycles. The number of benzene rings is 2. The first-order valence-electron chi connectivity index (χ1n) is 8.46. The maximum Gasteiger partial charge on any atom is 0.344 e. The quantitative estimate of drug-likeness (QED) is 0.472. The summed E-state index contributed by atoms with van der Waals surface area (Å²) in [6, 6.07) is 9.62. The smallest absolute Gasteiger partial charge is 0.344 e. The Morgan fingerprint density at radius 2 is 1.52 bits per heavy atom. The summed E-state index contributed by atoms with van der Waals surface area (Å²) in [5.41, 5.74) is 0.810. The Bertz CT molecular complexity index is 928. The maximum atomic E-state index is 13.0. The SMILES string of the molecule is C=CCOc1ccc(OCC(=O)OCC)c2c1C(=O)c1ccccc1C2=O. The zero-order valence-electron chi connectivity index (χ0n) is 14.8. The van der Waals surface area contributed by atoms with Crippen molar-refractivity contribution in [1.82, 2.24) is 0 Å². The average molecular weight is 366 g/mol. The molecule has 0 fully saturated rings. The molecule has 0 amide bonds. The van der Waals surface area contributed by atoms with E-state index in [1.54, 1.807) is 43.3 Å². The monoisotopic (exact) mass is 366 g/mol. The molecule has 0 saturated carbocycles. The largest absolute Gasteiger partial charge is 0.489 e. The molecule has 0 heterocycles. The molecule has 0 N–H and O–H groups in total. The molecular formula is C21H18O6. The Morgan fingerprint density at radius 1 is 0.963 bits per heavy atom. The molecular weight excluding hydrogens is 348 g/mol. The molecule has 0 unspecified atom stereocenters. The van der Waals surface area contributed by atoms with Crippen molar-refractivity contribution in [2.45, 2.75) is 6.92 Å². The number of hydrogen-bond acceptors (Lipinski definition) is 6. The Labute approximate surface area is 156 Å². The van der Waals surface area contributed by atoms with Gasteiger partial charge in [0.2, 0.25) is 0 Å². The van der Waals surface area contributed by atoms with E-state index in [2.05, 4.69) is 6.58 Å². The lowest BCUT2D eigenvalue weighted by Gasteiger charge is -2.22. The van der Waals surface area contributed by atoms with E-state index in [1.165, 1.54) is 6.07 Å². The van der Waals surface area contributed by atoms with Gasteiger partial charge in [-0.05, 0) is 19.1 Å². The van der Waals surface area contributed by atoms with Gasteiger partial charge in [0, 0.05) is 11.1 Å². The molecule has 6 heteroatoms. The highest BCUT2D eigenvalue weighted by Crippen LogP contribution is 2.38. The highest BCUT2D eigenvalue weighted by molar-refractivity contribution is 6.30. The van der Waals surface area contributed by atoms with E-state index in [0.29, 0.717) is 5.56 Å². The molecule has 1 aliphatic carbocycles. The number of carbonyl (C=O) groups excluding carboxylic acids is 3. The van der Waals surface area contributed by atoms with Gasteiger partial charge in [-0.2, -0.15) is 0 Å². The number of ether oxygens (including phenoxy) is 3. The summed E-state index contributed by atoms with van der Waals surface area (Å²) in [7, 11) is 0. The van der Waals surface area contributed by atoms with Crippen molar-refractivity contribution in [1.29, 1.82) is 0 Å². The van der Waals surface area contributed by atoms with E-state index in [9.17, 15) is 14.4 Å². The van der Waals surface area contributed by atoms with Crippen LogP contribution in [0.4, 0.5) is 0 Å². The molecule has 6 nitrogen and oxygen atoms in total. The van der Waals surface area contributed by atoms with Gasteiger partial charge < -0.3 is 14.2 Å². The third-order valence-electron chi connectivity index (χ3n) is 4.01. The molecule has 138 valence electrons. The molecule has 0 bridgehead atoms. The highest BCUT2D eigenvalue weighted by atomic mass is 16.6. The van der Waals surface area contributed by atoms with Gasteiger partial charge in [0.1, 0.15) is 18.1 Å². The van der Waals surface area contributed by atoms with Crippen molar-refractivity contribution in [2.24, 2.45) is 0 Å². The fourth-order valence-corrected chi connectivity index (χ4v) is 2.89. The predicted octanol–water partition coefficient (Wildman–Crippen LogP) is 2.97. The first-order valence-corrected chi connectivity index (χ1v) is 8.46. The van der Waals surface area contributed by atoms with Gasteiger partial charge in [-0.1, -0.05) is 36.9 Å². The van der Waals surface area contributed by atoms with Crippen molar-refractivity contribution in [3.63, 3.8) is 0 Å². The molecule has 0 radical (unpaired) electrons. The predicted molar refractivity (Wildman–Crippen MR) is 97.6 cm³/mol. The van der Waals surface area contributed by atoms with Crippen LogP contribution in [0.15, 0.2) is 49.1 Å². The van der Waals surface area contributed by atoms with Crippen molar-refractivity contribution in [3.8, 4) is 11.5 Å². The average Bonchev–Trinajstić information content (AvgIpc) is 2.69. The van der Waals surface area contributed by atoms with Crippen LogP contribution in [0.5, 0.6) is 11.5 Å². The van der Waals surface area contributed by atoms with Gasteiger partial charge >= 0.3 is 5.97 Å². The van der Waals surface area contributed by atoms with Crippen LogP contribution < -0.4 is 9.47 Å². The summed E-state index contributed by atoms with van der Waals surface area (Å²) in [5.74, 6) is -0.852. The second kappa shape index (κ2) is 7.86. The first kappa shape index (κ1) is 18.4. The summed E-state index contributed by atoms with van der Waals surface area (Å²) in [4.78, 5) is 37.7. The summed E-state index contributed by atoms with van der Waals surface area (Å²) < 4.78 is 15.9. The number of esters is 1. The van der Waals surface area contributed by atoms with Crippen LogP contribution in [0.3, 0.4) is 0 Å². The number of fused-ring (bicyclic) bond motifs is 2. The minimum Gasteiger partial charge on any atom is -0.489 e. The summed E-state index contributed by atoms with van der Waals surface area (Å²) >= 11 is 0. The van der Waals surface area contributed by atoms with Gasteiger partial charge in [-0.3, -0.25) is 9.59 Å². The Kier molecular flexibility index (Phi) is 5.35. The lowest BCUT2D eigenvalue weighted by molar-refractivity contribution is -0.145. The molecule has 0 saturated heterocycles. The number of rotatable bonds is 7. The van der Waals surface area contributed by atoms with E-state index >= 15 is 0 Å². The first-order chi connectivity index (χ1) is 13.1. The minimum atomic E-state index is -0.562. The van der Waals surface area contributed by atoms with Gasteiger partial charge in [-0.25, -0.2) is 4.79 Å². The minimum absolute atomic E-state index is 0.0876. The molecule has 0 spiro atoms. The number of hydrogen-bond donors (Lipinski definition) is 0. The zero-order chi connectivity index (χ0) is 19.4. The lowest BCUT2D eigenvalue weighted by atomic mass is 9.83. The second-order valence-electron chi connectivity index (χ2n) is 5.71. The van der Waals surface area contributed by atoms with E-state index in [0.717, 1.165) is 0 Å². The standard InChI is InChI=1S/C21H18O6/c1-3-11-26-15-9-10-16(27-12-17(22)25-4-2)19-18(15)20(23)13-7-5-6-8-14(13)21(19)24/h3,5-10H,1,4,11-12H2,2H3. The normalized spacial score (nSPS) is 12.0. The van der Waals surface area contributed by atoms with Crippen molar-refractivity contribution >= 4 is 17.5 Å². The maximum absolute atomic E-state index is 13.0. The molecule has 27 heavy (non-hydrogen) atoms. The van der Waals surface area contributed by atoms with Crippen LogP contribution in [0.25, 0.3) is 0 Å². The van der Waals surface area contributed by atoms with Crippen LogP contribution in [0.1, 0.15) is 38.8 Å². The van der Waals surface area contributed by atoms with Gasteiger partial charge in [-0.15, -0.1) is 0 Å². The second-order valence-corrected chi connectivity index (χ2v) is 5.71. The van der Waals surface area contributed by atoms with Crippen molar-refractivity contribution < 1.29 is 28.6 Å². The molecule has 0 aromatic heterocycles. The van der Waals surface area contributed by atoms with Crippen LogP contribution in [-0.2, 0) is 9.53 Å². The fourth-order valence-electron chi connectivity index (χ4n) is 2.89. The highest BCUT2D eigenvalue weighted by Gasteiger charge is 2.35. The summed E-state index contributed by atoms with van der Waals surface area (Å²) in [5, 5.41) is 0. The molecule has 0 aliphatic heterocycles. The third kappa shape index (κ3) is 3.46. The van der Waals surface area contributed by atoms with E-state index in [-0.39, 0.29) is 59.6 Å². The molecule has 3 rings (SSSR count). The number of ketones is 2. The van der Waals surface area contributed by atoms with Crippen LogP contribution in [0, 0.1) is 0 Å². The van der Waals surface area contributed by atoms with E-state index in [4.69, 9.17) is 14.2 Å². The van der Waals surface area contributed by atoms with Crippen molar-refractivity contribution in [2.75, 3.05) is 19.8 Å². The van der Waals surface area contributed by atoms with Crippen LogP contribution >= 0.6 is 0 Å². The van der Waals surface area contributed by atoms with E-state index in [1.807, 2.05) is 0 Å². The molecule has 0 atom stereocenters. The van der Waals surface area contributed by atoms with Gasteiger partial charge in [0.25, 0.3) is 0 Å². The van der Waals surface area contributed by atoms with Gasteiger partial charge in [0.05, 0.1) is 17.7 Å². The Balaban J connectivity index is 2.08. The van der Waals surface area contributed by atoms with E-state index < -0.39 is 5.97 Å². The number of carbonyl (C=O) groups is 3. The lowest BCUT2D eigenvalue weighted by Crippen LogP contribution is -2.24. The topological polar surface area (TPSA) is 78.9 Å². The Morgan fingerprint density at radius 3 is 2.04 bits per heavy atom. The summed E-state index contributed by atoms with van der Waals surface area (Å²) in [6.07, 6.45) is 1.54. The fraction of sp³-hybridized carbons (Fsp3) is 0.190. The van der Waals surface area contributed by atoms with Gasteiger partial charge in [0.15, 0.2) is 18.2 Å². The van der Waals surface area contributed by atoms with Crippen molar-refractivity contribution in [3.05, 3.63) is 71.3 Å². The third-order valence-corrected chi connectivity index (χ3v) is 4.01. The van der Waals surface area contributed by atoms with Crippen LogP contribution in [0.2, 0.25) is 0 Å². The summed E-state index contributed by atoms with van der Waals surface area (Å²) in [6.45, 7) is 5.31. The van der Waals surface area contributed by atoms with Crippen LogP contribution in [-0.4, -0.2) is 37.4 Å². The zero-order valence-corrected chi connectivity index (χ0v) is 14.8. The molecule has 2 aromatic rings.